The summed E-state index contributed by atoms with van der Waals surface area (Å²) in [6, 6.07) is 0. The number of hydrogen-bond acceptors (Lipinski definition) is 3. The smallest absolute Gasteiger partial charge is 0.246 e. The molecule has 0 spiro atoms. The van der Waals surface area contributed by atoms with Crippen LogP contribution in [0.4, 0.5) is 0 Å². The highest BCUT2D eigenvalue weighted by molar-refractivity contribution is 5.50. The van der Waals surface area contributed by atoms with Gasteiger partial charge < -0.3 is 0 Å². The highest BCUT2D eigenvalue weighted by Gasteiger charge is 2.06. The van der Waals surface area contributed by atoms with E-state index in [9.17, 15) is 14.9 Å². The van der Waals surface area contributed by atoms with E-state index in [0.29, 0.717) is 19.3 Å². The van der Waals surface area contributed by atoms with Crippen LogP contribution >= 0.6 is 0 Å². The van der Waals surface area contributed by atoms with E-state index in [1.165, 1.54) is 38.5 Å². The molecule has 0 atom stereocenters. The standard InChI is InChI=1S/C20H32NO3/c1-2-3-4-5-6-7-8-9-11-14-17-20(21(23)24)18-15-12-10-13-16-19-22/h9,11-12,15,17H,2-8,10,13-14,16,18H2,1H3/b11-9+,15-12+,20-17-. The summed E-state index contributed by atoms with van der Waals surface area (Å²) in [5, 5.41) is 11.0. The maximum atomic E-state index is 11.0. The van der Waals surface area contributed by atoms with Crippen molar-refractivity contribution in [2.45, 2.75) is 84.0 Å². The molecule has 0 N–H and O–H groups in total. The number of carbonyl (C=O) groups excluding carboxylic acids is 1. The minimum absolute atomic E-state index is 0.234. The molecule has 0 rings (SSSR count). The fourth-order valence-electron chi connectivity index (χ4n) is 2.31. The van der Waals surface area contributed by atoms with E-state index in [-0.39, 0.29) is 10.6 Å². The first-order chi connectivity index (χ1) is 11.7. The Hall–Kier alpha value is -1.71. The van der Waals surface area contributed by atoms with Crippen molar-refractivity contribution in [1.82, 2.24) is 0 Å². The van der Waals surface area contributed by atoms with Gasteiger partial charge in [0.05, 0.1) is 11.3 Å². The van der Waals surface area contributed by atoms with Crippen molar-refractivity contribution in [2.75, 3.05) is 0 Å². The summed E-state index contributed by atoms with van der Waals surface area (Å²) < 4.78 is 0. The number of nitrogens with zero attached hydrogens (tertiary/aromatic N) is 1. The lowest BCUT2D eigenvalue weighted by Crippen LogP contribution is -1.97. The monoisotopic (exact) mass is 334 g/mol. The molecule has 0 aliphatic rings. The van der Waals surface area contributed by atoms with Crippen LogP contribution in [0.5, 0.6) is 0 Å². The Morgan fingerprint density at radius 2 is 1.62 bits per heavy atom. The Labute approximate surface area is 146 Å². The predicted molar refractivity (Wildman–Crippen MR) is 100 cm³/mol. The van der Waals surface area contributed by atoms with Gasteiger partial charge in [-0.3, -0.25) is 14.9 Å². The zero-order valence-electron chi connectivity index (χ0n) is 15.0. The topological polar surface area (TPSA) is 60.2 Å². The molecule has 0 aromatic carbocycles. The van der Waals surface area contributed by atoms with Gasteiger partial charge in [0.15, 0.2) is 6.29 Å². The first-order valence-corrected chi connectivity index (χ1v) is 9.20. The molecular formula is C20H32NO3. The van der Waals surface area contributed by atoms with Gasteiger partial charge in [-0.2, -0.15) is 0 Å². The van der Waals surface area contributed by atoms with E-state index in [2.05, 4.69) is 13.0 Å². The maximum Gasteiger partial charge on any atom is 0.246 e. The molecule has 0 heterocycles. The summed E-state index contributed by atoms with van der Waals surface area (Å²) in [7, 11) is 0. The lowest BCUT2D eigenvalue weighted by atomic mass is 10.1. The number of hydrogen-bond donors (Lipinski definition) is 0. The molecule has 4 heteroatoms. The molecule has 0 amide bonds. The fourth-order valence-corrected chi connectivity index (χ4v) is 2.31. The summed E-state index contributed by atoms with van der Waals surface area (Å²) in [4.78, 5) is 20.7. The first-order valence-electron chi connectivity index (χ1n) is 9.20. The fraction of sp³-hybridized carbons (Fsp3) is 0.650. The second-order valence-electron chi connectivity index (χ2n) is 5.93. The third-order valence-electron chi connectivity index (χ3n) is 3.76. The lowest BCUT2D eigenvalue weighted by Gasteiger charge is -1.97. The number of rotatable bonds is 16. The molecule has 0 saturated heterocycles. The van der Waals surface area contributed by atoms with Gasteiger partial charge in [-0.15, -0.1) is 0 Å². The molecule has 4 nitrogen and oxygen atoms in total. The molecule has 0 unspecified atom stereocenters. The lowest BCUT2D eigenvalue weighted by molar-refractivity contribution is -0.427. The van der Waals surface area contributed by atoms with Crippen LogP contribution in [0.25, 0.3) is 0 Å². The van der Waals surface area contributed by atoms with Crippen LogP contribution in [0, 0.1) is 10.1 Å². The van der Waals surface area contributed by atoms with Crippen molar-refractivity contribution in [1.29, 1.82) is 0 Å². The largest absolute Gasteiger partial charge is 0.291 e. The molecule has 135 valence electrons. The Morgan fingerprint density at radius 1 is 0.958 bits per heavy atom. The second kappa shape index (κ2) is 17.6. The van der Waals surface area contributed by atoms with Crippen LogP contribution in [0.2, 0.25) is 0 Å². The van der Waals surface area contributed by atoms with Crippen molar-refractivity contribution in [3.8, 4) is 0 Å². The van der Waals surface area contributed by atoms with E-state index in [4.69, 9.17) is 0 Å². The Morgan fingerprint density at radius 3 is 2.33 bits per heavy atom. The zero-order valence-corrected chi connectivity index (χ0v) is 15.0. The van der Waals surface area contributed by atoms with Crippen LogP contribution in [0.15, 0.2) is 36.1 Å². The van der Waals surface area contributed by atoms with Crippen molar-refractivity contribution in [3.05, 3.63) is 46.2 Å². The minimum atomic E-state index is -0.314. The number of unbranched alkanes of at least 4 members (excludes halogenated alkanes) is 8. The molecule has 0 aromatic rings. The normalized spacial score (nSPS) is 12.3. The van der Waals surface area contributed by atoms with E-state index >= 15 is 0 Å². The quantitative estimate of drug-likeness (QED) is 0.149. The molecule has 24 heavy (non-hydrogen) atoms. The molecule has 0 aliphatic heterocycles. The summed E-state index contributed by atoms with van der Waals surface area (Å²) in [5.41, 5.74) is 0.234. The SMILES string of the molecule is CCCCCCCC/C=C/C/C=C(/C/C=C/CCC[C]=O)[N+](=O)[O-]. The Balaban J connectivity index is 3.88. The van der Waals surface area contributed by atoms with Crippen LogP contribution < -0.4 is 0 Å². The van der Waals surface area contributed by atoms with Gasteiger partial charge in [0.25, 0.3) is 0 Å². The van der Waals surface area contributed by atoms with Crippen molar-refractivity contribution in [2.24, 2.45) is 0 Å². The third kappa shape index (κ3) is 15.2. The maximum absolute atomic E-state index is 11.0. The molecule has 0 fully saturated rings. The summed E-state index contributed by atoms with van der Waals surface area (Å²) in [6.45, 7) is 2.22. The highest BCUT2D eigenvalue weighted by atomic mass is 16.6. The Kier molecular flexibility index (Phi) is 16.4. The summed E-state index contributed by atoms with van der Waals surface area (Å²) in [6.07, 6.45) is 23.0. The van der Waals surface area contributed by atoms with Gasteiger partial charge in [-0.1, -0.05) is 63.3 Å². The molecule has 0 aromatic heterocycles. The average molecular weight is 334 g/mol. The van der Waals surface area contributed by atoms with Crippen LogP contribution in [0.1, 0.15) is 84.0 Å². The van der Waals surface area contributed by atoms with Crippen molar-refractivity contribution in [3.63, 3.8) is 0 Å². The molecular weight excluding hydrogens is 302 g/mol. The van der Waals surface area contributed by atoms with E-state index in [1.54, 1.807) is 12.2 Å². The van der Waals surface area contributed by atoms with Gasteiger partial charge >= 0.3 is 0 Å². The first kappa shape index (κ1) is 22.3. The van der Waals surface area contributed by atoms with Gasteiger partial charge in [0.1, 0.15) is 0 Å². The number of allylic oxidation sites excluding steroid dienone is 5. The minimum Gasteiger partial charge on any atom is -0.291 e. The van der Waals surface area contributed by atoms with Gasteiger partial charge in [-0.05, 0) is 38.2 Å². The molecule has 0 saturated carbocycles. The van der Waals surface area contributed by atoms with Gasteiger partial charge in [0, 0.05) is 6.42 Å². The number of nitro groups is 1. The van der Waals surface area contributed by atoms with Crippen molar-refractivity contribution >= 4 is 6.29 Å². The zero-order chi connectivity index (χ0) is 17.9. The second-order valence-corrected chi connectivity index (χ2v) is 5.93. The van der Waals surface area contributed by atoms with Gasteiger partial charge in [0.2, 0.25) is 5.70 Å². The third-order valence-corrected chi connectivity index (χ3v) is 3.76. The van der Waals surface area contributed by atoms with E-state index in [1.807, 2.05) is 18.4 Å². The van der Waals surface area contributed by atoms with Crippen molar-refractivity contribution < 1.29 is 9.72 Å². The molecule has 1 radical (unpaired) electrons. The average Bonchev–Trinajstić information content (AvgIpc) is 2.57. The summed E-state index contributed by atoms with van der Waals surface area (Å²) >= 11 is 0. The Bertz CT molecular complexity index is 411. The van der Waals surface area contributed by atoms with Crippen LogP contribution in [-0.4, -0.2) is 11.2 Å². The molecule has 0 bridgehead atoms. The predicted octanol–water partition coefficient (Wildman–Crippen LogP) is 6.07. The van der Waals surface area contributed by atoms with Crippen LogP contribution in [0.3, 0.4) is 0 Å². The summed E-state index contributed by atoms with van der Waals surface area (Å²) in [5.74, 6) is 0. The highest BCUT2D eigenvalue weighted by Crippen LogP contribution is 2.09. The van der Waals surface area contributed by atoms with E-state index < -0.39 is 0 Å². The van der Waals surface area contributed by atoms with Crippen LogP contribution in [-0.2, 0) is 4.79 Å². The van der Waals surface area contributed by atoms with E-state index in [0.717, 1.165) is 19.3 Å². The van der Waals surface area contributed by atoms with Gasteiger partial charge in [-0.25, -0.2) is 0 Å². The molecule has 0 aliphatic carbocycles.